The fraction of sp³-hybridized carbons (Fsp3) is 0.320. The van der Waals surface area contributed by atoms with Gasteiger partial charge >= 0.3 is 0 Å². The summed E-state index contributed by atoms with van der Waals surface area (Å²) >= 11 is 0. The molecule has 0 aliphatic carbocycles. The second-order valence-corrected chi connectivity index (χ2v) is 8.69. The van der Waals surface area contributed by atoms with E-state index in [0.717, 1.165) is 5.56 Å². The molecule has 3 aromatic rings. The molecule has 0 spiro atoms. The maximum atomic E-state index is 13.0. The van der Waals surface area contributed by atoms with Crippen molar-refractivity contribution in [2.24, 2.45) is 0 Å². The van der Waals surface area contributed by atoms with E-state index in [1.807, 2.05) is 30.3 Å². The highest BCUT2D eigenvalue weighted by molar-refractivity contribution is 6.05. The van der Waals surface area contributed by atoms with Gasteiger partial charge in [-0.15, -0.1) is 5.10 Å². The molecule has 1 fully saturated rings. The highest BCUT2D eigenvalue weighted by Crippen LogP contribution is 2.33. The van der Waals surface area contributed by atoms with Gasteiger partial charge in [-0.3, -0.25) is 19.7 Å². The van der Waals surface area contributed by atoms with Crippen molar-refractivity contribution in [2.75, 3.05) is 6.61 Å². The minimum Gasteiger partial charge on any atom is -0.487 e. The Morgan fingerprint density at radius 2 is 1.94 bits per heavy atom. The molecule has 5 rings (SSSR count). The van der Waals surface area contributed by atoms with E-state index in [9.17, 15) is 19.5 Å². The predicted molar refractivity (Wildman–Crippen MR) is 123 cm³/mol. The Kier molecular flexibility index (Phi) is 6.28. The van der Waals surface area contributed by atoms with Gasteiger partial charge in [-0.25, -0.2) is 4.68 Å². The number of hydrogen-bond donors (Lipinski definition) is 2. The number of nitrogens with one attached hydrogen (secondary N) is 1. The fourth-order valence-corrected chi connectivity index (χ4v) is 4.53. The van der Waals surface area contributed by atoms with Crippen molar-refractivity contribution in [3.63, 3.8) is 0 Å². The highest BCUT2D eigenvalue weighted by Gasteiger charge is 2.40. The van der Waals surface area contributed by atoms with Crippen LogP contribution in [0.5, 0.6) is 5.75 Å². The average molecular weight is 476 g/mol. The van der Waals surface area contributed by atoms with Crippen LogP contribution in [0.2, 0.25) is 0 Å². The molecule has 10 heteroatoms. The van der Waals surface area contributed by atoms with E-state index in [1.165, 1.54) is 4.90 Å². The van der Waals surface area contributed by atoms with Crippen molar-refractivity contribution in [3.8, 4) is 5.75 Å². The van der Waals surface area contributed by atoms with Crippen molar-refractivity contribution < 1.29 is 24.2 Å². The van der Waals surface area contributed by atoms with Gasteiger partial charge in [-0.05, 0) is 30.5 Å². The van der Waals surface area contributed by atoms with Crippen LogP contribution in [0.4, 0.5) is 0 Å². The van der Waals surface area contributed by atoms with E-state index in [4.69, 9.17) is 4.74 Å². The quantitative estimate of drug-likeness (QED) is 0.472. The normalized spacial score (nSPS) is 18.4. The molecule has 2 aliphatic heterocycles. The number of carbonyl (C=O) groups excluding carboxylic acids is 3. The fourth-order valence-electron chi connectivity index (χ4n) is 4.53. The number of imide groups is 1. The molecule has 10 nitrogen and oxygen atoms in total. The van der Waals surface area contributed by atoms with E-state index < -0.39 is 11.9 Å². The summed E-state index contributed by atoms with van der Waals surface area (Å²) in [6, 6.07) is 14.1. The van der Waals surface area contributed by atoms with Crippen molar-refractivity contribution in [1.29, 1.82) is 0 Å². The maximum absolute atomic E-state index is 13.0. The summed E-state index contributed by atoms with van der Waals surface area (Å²) in [5.74, 6) is -0.490. The molecule has 3 amide bonds. The first kappa shape index (κ1) is 22.7. The number of aliphatic hydroxyl groups excluding tert-OH is 1. The molecule has 180 valence electrons. The zero-order chi connectivity index (χ0) is 24.4. The third kappa shape index (κ3) is 4.65. The molecule has 2 atom stereocenters. The van der Waals surface area contributed by atoms with E-state index in [2.05, 4.69) is 15.6 Å². The van der Waals surface area contributed by atoms with E-state index in [-0.39, 0.29) is 44.0 Å². The lowest BCUT2D eigenvalue weighted by molar-refractivity contribution is -0.136. The molecular weight excluding hydrogens is 450 g/mol. The van der Waals surface area contributed by atoms with Crippen LogP contribution in [0.3, 0.4) is 0 Å². The third-order valence-corrected chi connectivity index (χ3v) is 6.37. The summed E-state index contributed by atoms with van der Waals surface area (Å²) in [5.41, 5.74) is 2.86. The summed E-state index contributed by atoms with van der Waals surface area (Å²) in [4.78, 5) is 38.2. The number of aliphatic hydroxyl groups is 1. The van der Waals surface area contributed by atoms with E-state index in [0.29, 0.717) is 35.4 Å². The lowest BCUT2D eigenvalue weighted by Gasteiger charge is -2.29. The Morgan fingerprint density at radius 3 is 2.71 bits per heavy atom. The molecule has 0 saturated carbocycles. The minimum absolute atomic E-state index is 0.0803. The lowest BCUT2D eigenvalue weighted by atomic mass is 10.0. The first-order chi connectivity index (χ1) is 17.0. The van der Waals surface area contributed by atoms with Gasteiger partial charge in [0.2, 0.25) is 11.8 Å². The Hall–Kier alpha value is -4.05. The maximum Gasteiger partial charge on any atom is 0.255 e. The number of aromatic nitrogens is 3. The Bertz CT molecular complexity index is 1260. The summed E-state index contributed by atoms with van der Waals surface area (Å²) in [5, 5.41) is 20.5. The topological polar surface area (TPSA) is 127 Å². The Labute approximate surface area is 201 Å². The number of amides is 3. The number of nitrogens with zero attached hydrogens (tertiary/aromatic N) is 4. The molecular formula is C25H25N5O5. The number of benzene rings is 2. The molecule has 35 heavy (non-hydrogen) atoms. The number of carbonyl (C=O) groups is 3. The van der Waals surface area contributed by atoms with Gasteiger partial charge < -0.3 is 14.7 Å². The number of rotatable bonds is 8. The smallest absolute Gasteiger partial charge is 0.255 e. The Morgan fingerprint density at radius 1 is 1.11 bits per heavy atom. The summed E-state index contributed by atoms with van der Waals surface area (Å²) in [6.45, 7) is 0.280. The van der Waals surface area contributed by atoms with Crippen molar-refractivity contribution >= 4 is 17.7 Å². The van der Waals surface area contributed by atoms with Crippen molar-refractivity contribution in [2.45, 2.75) is 44.5 Å². The van der Waals surface area contributed by atoms with Crippen LogP contribution in [-0.2, 0) is 29.2 Å². The van der Waals surface area contributed by atoms with Crippen LogP contribution in [-0.4, -0.2) is 55.4 Å². The SMILES string of the molecule is O=C1CCC(N2Cc3c(OCc4cn([C@@H](CO)Cc5ccccc5)nn4)cccc3C2=O)C(=O)N1. The largest absolute Gasteiger partial charge is 0.487 e. The molecule has 2 N–H and O–H groups in total. The van der Waals surface area contributed by atoms with Crippen molar-refractivity contribution in [3.05, 3.63) is 77.1 Å². The summed E-state index contributed by atoms with van der Waals surface area (Å²) in [7, 11) is 0. The molecule has 3 heterocycles. The van der Waals surface area contributed by atoms with Gasteiger partial charge in [0.05, 0.1) is 25.4 Å². The van der Waals surface area contributed by atoms with E-state index in [1.54, 1.807) is 29.1 Å². The molecule has 2 aromatic carbocycles. The first-order valence-corrected chi connectivity index (χ1v) is 11.5. The van der Waals surface area contributed by atoms with Gasteiger partial charge in [0.1, 0.15) is 24.1 Å². The monoisotopic (exact) mass is 475 g/mol. The standard InChI is InChI=1S/C25H25N5O5/c31-14-18(11-16-5-2-1-3-6-16)30-12-17(27-28-30)15-35-22-8-4-7-19-20(22)13-29(25(19)34)21-9-10-23(32)26-24(21)33/h1-8,12,18,21,31H,9-11,13-15H2,(H,26,32,33)/t18-,21?/m1/s1. The van der Waals surface area contributed by atoms with Crippen LogP contribution in [0, 0.1) is 0 Å². The van der Waals surface area contributed by atoms with Crippen LogP contribution in [0.15, 0.2) is 54.7 Å². The highest BCUT2D eigenvalue weighted by atomic mass is 16.5. The van der Waals surface area contributed by atoms with Gasteiger partial charge in [-0.2, -0.15) is 0 Å². The second-order valence-electron chi connectivity index (χ2n) is 8.69. The van der Waals surface area contributed by atoms with Crippen LogP contribution in [0.25, 0.3) is 0 Å². The number of fused-ring (bicyclic) bond motifs is 1. The lowest BCUT2D eigenvalue weighted by Crippen LogP contribution is -2.52. The van der Waals surface area contributed by atoms with E-state index >= 15 is 0 Å². The summed E-state index contributed by atoms with van der Waals surface area (Å²) in [6.07, 6.45) is 2.87. The minimum atomic E-state index is -0.680. The molecule has 0 bridgehead atoms. The zero-order valence-corrected chi connectivity index (χ0v) is 19.0. The molecule has 1 aromatic heterocycles. The van der Waals surface area contributed by atoms with Gasteiger partial charge in [-0.1, -0.05) is 41.6 Å². The Balaban J connectivity index is 1.26. The second kappa shape index (κ2) is 9.67. The number of hydrogen-bond acceptors (Lipinski definition) is 7. The molecule has 1 unspecified atom stereocenters. The van der Waals surface area contributed by atoms with Gasteiger partial charge in [0.15, 0.2) is 0 Å². The van der Waals surface area contributed by atoms with Crippen molar-refractivity contribution in [1.82, 2.24) is 25.2 Å². The molecule has 0 radical (unpaired) electrons. The number of piperidine rings is 1. The van der Waals surface area contributed by atoms with Crippen LogP contribution < -0.4 is 10.1 Å². The van der Waals surface area contributed by atoms with Crippen LogP contribution in [0.1, 0.15) is 46.1 Å². The molecule has 1 saturated heterocycles. The zero-order valence-electron chi connectivity index (χ0n) is 19.0. The van der Waals surface area contributed by atoms with Gasteiger partial charge in [0, 0.05) is 17.5 Å². The van der Waals surface area contributed by atoms with Gasteiger partial charge in [0.25, 0.3) is 5.91 Å². The molecule has 2 aliphatic rings. The average Bonchev–Trinajstić information content (AvgIpc) is 3.47. The first-order valence-electron chi connectivity index (χ1n) is 11.5. The predicted octanol–water partition coefficient (Wildman–Crippen LogP) is 1.39. The third-order valence-electron chi connectivity index (χ3n) is 6.37. The van der Waals surface area contributed by atoms with Crippen LogP contribution >= 0.6 is 0 Å². The number of ether oxygens (including phenoxy) is 1. The summed E-state index contributed by atoms with van der Waals surface area (Å²) < 4.78 is 7.63.